The molecule has 0 spiro atoms. The predicted molar refractivity (Wildman–Crippen MR) is 69.4 cm³/mol. The maximum Gasteiger partial charge on any atom is 0.133 e. The summed E-state index contributed by atoms with van der Waals surface area (Å²) in [5.41, 5.74) is 0.954. The van der Waals surface area contributed by atoms with Crippen molar-refractivity contribution in [3.63, 3.8) is 0 Å². The van der Waals surface area contributed by atoms with Gasteiger partial charge in [0.15, 0.2) is 0 Å². The molecule has 0 bridgehead atoms. The molecule has 0 fully saturated rings. The van der Waals surface area contributed by atoms with E-state index in [4.69, 9.17) is 11.6 Å². The molecule has 0 atom stereocenters. The minimum atomic E-state index is 0.729. The summed E-state index contributed by atoms with van der Waals surface area (Å²) < 4.78 is 0. The number of benzene rings is 1. The molecule has 0 amide bonds. The van der Waals surface area contributed by atoms with Crippen molar-refractivity contribution in [2.45, 2.75) is 4.90 Å². The van der Waals surface area contributed by atoms with Gasteiger partial charge in [-0.1, -0.05) is 17.7 Å². The zero-order valence-corrected chi connectivity index (χ0v) is 10.0. The van der Waals surface area contributed by atoms with Crippen LogP contribution in [0.4, 0.5) is 5.69 Å². The summed E-state index contributed by atoms with van der Waals surface area (Å²) >= 11 is 7.75. The van der Waals surface area contributed by atoms with E-state index < -0.39 is 0 Å². The lowest BCUT2D eigenvalue weighted by Gasteiger charge is -2.19. The summed E-state index contributed by atoms with van der Waals surface area (Å²) in [6.45, 7) is 0. The molecule has 2 aliphatic heterocycles. The molecule has 1 aromatic rings. The first-order valence-electron chi connectivity index (χ1n) is 4.95. The van der Waals surface area contributed by atoms with Gasteiger partial charge in [-0.05, 0) is 30.4 Å². The highest BCUT2D eigenvalue weighted by Gasteiger charge is 2.15. The number of thioether (sulfide) groups is 1. The first-order valence-corrected chi connectivity index (χ1v) is 6.32. The molecule has 0 saturated heterocycles. The molecule has 1 aromatic carbocycles. The Morgan fingerprint density at radius 1 is 1.31 bits per heavy atom. The van der Waals surface area contributed by atoms with Crippen molar-refractivity contribution >= 4 is 34.9 Å². The van der Waals surface area contributed by atoms with Gasteiger partial charge in [-0.3, -0.25) is 0 Å². The number of allylic oxidation sites excluding steroid dienone is 2. The zero-order valence-electron chi connectivity index (χ0n) is 8.43. The molecule has 2 heterocycles. The van der Waals surface area contributed by atoms with Crippen LogP contribution in [-0.2, 0) is 0 Å². The average Bonchev–Trinajstić information content (AvgIpc) is 2.47. The van der Waals surface area contributed by atoms with Crippen molar-refractivity contribution in [3.05, 3.63) is 47.6 Å². The van der Waals surface area contributed by atoms with Crippen LogP contribution in [0.1, 0.15) is 0 Å². The summed E-state index contributed by atoms with van der Waals surface area (Å²) in [6.07, 6.45) is 8.06. The van der Waals surface area contributed by atoms with Crippen molar-refractivity contribution in [3.8, 4) is 0 Å². The highest BCUT2D eigenvalue weighted by molar-refractivity contribution is 7.99. The van der Waals surface area contributed by atoms with Gasteiger partial charge in [-0.2, -0.15) is 0 Å². The first-order chi connectivity index (χ1) is 7.83. The number of aliphatic imine (C=N–C) groups is 1. The van der Waals surface area contributed by atoms with Gasteiger partial charge in [0.1, 0.15) is 5.84 Å². The molecule has 0 aromatic heterocycles. The Labute approximate surface area is 103 Å². The number of hydrogen-bond donors (Lipinski definition) is 0. The summed E-state index contributed by atoms with van der Waals surface area (Å²) in [7, 11) is 0. The molecule has 4 heteroatoms. The second kappa shape index (κ2) is 4.00. The minimum Gasteiger partial charge on any atom is -0.323 e. The fraction of sp³-hybridized carbons (Fsp3) is 0.0833. The van der Waals surface area contributed by atoms with Gasteiger partial charge in [0.05, 0.1) is 11.6 Å². The summed E-state index contributed by atoms with van der Waals surface area (Å²) in [6, 6.07) is 5.84. The third-order valence-electron chi connectivity index (χ3n) is 2.43. The van der Waals surface area contributed by atoms with E-state index in [2.05, 4.69) is 9.89 Å². The number of rotatable bonds is 0. The highest BCUT2D eigenvalue weighted by atomic mass is 35.5. The van der Waals surface area contributed by atoms with Crippen LogP contribution in [0.15, 0.2) is 52.5 Å². The minimum absolute atomic E-state index is 0.729. The molecule has 16 heavy (non-hydrogen) atoms. The van der Waals surface area contributed by atoms with Crippen molar-refractivity contribution in [1.82, 2.24) is 4.90 Å². The first kappa shape index (κ1) is 10.00. The third kappa shape index (κ3) is 1.77. The smallest absolute Gasteiger partial charge is 0.133 e. The van der Waals surface area contributed by atoms with Gasteiger partial charge in [0, 0.05) is 16.1 Å². The quantitative estimate of drug-likeness (QED) is 0.694. The van der Waals surface area contributed by atoms with E-state index in [1.54, 1.807) is 11.8 Å². The normalized spacial score (nSPS) is 17.6. The number of hydrogen-bond acceptors (Lipinski definition) is 3. The van der Waals surface area contributed by atoms with Crippen LogP contribution in [0, 0.1) is 0 Å². The van der Waals surface area contributed by atoms with Crippen LogP contribution in [0.2, 0.25) is 5.02 Å². The lowest BCUT2D eigenvalue weighted by atomic mass is 10.3. The second-order valence-corrected chi connectivity index (χ2v) is 4.95. The molecule has 2 nitrogen and oxygen atoms in total. The summed E-state index contributed by atoms with van der Waals surface area (Å²) in [4.78, 5) is 7.92. The Morgan fingerprint density at radius 2 is 2.25 bits per heavy atom. The molecule has 0 saturated carbocycles. The average molecular weight is 249 g/mol. The maximum absolute atomic E-state index is 5.98. The molecule has 3 rings (SSSR count). The predicted octanol–water partition coefficient (Wildman–Crippen LogP) is 3.82. The van der Waals surface area contributed by atoms with Gasteiger partial charge in [0.25, 0.3) is 0 Å². The molecule has 0 aliphatic carbocycles. The Bertz CT molecular complexity index is 520. The summed E-state index contributed by atoms with van der Waals surface area (Å²) in [5.74, 6) is 1.85. The SMILES string of the molecule is Clc1ccc2c(c1)N=C1C=CC=CN1CS2. The second-order valence-electron chi connectivity index (χ2n) is 3.53. The Balaban J connectivity index is 2.10. The van der Waals surface area contributed by atoms with E-state index in [1.807, 2.05) is 42.6 Å². The lowest BCUT2D eigenvalue weighted by molar-refractivity contribution is 0.665. The van der Waals surface area contributed by atoms with Gasteiger partial charge >= 0.3 is 0 Å². The topological polar surface area (TPSA) is 15.6 Å². The van der Waals surface area contributed by atoms with Crippen LogP contribution in [0.3, 0.4) is 0 Å². The van der Waals surface area contributed by atoms with E-state index >= 15 is 0 Å². The van der Waals surface area contributed by atoms with Gasteiger partial charge < -0.3 is 4.90 Å². The Hall–Kier alpha value is -1.19. The fourth-order valence-electron chi connectivity index (χ4n) is 1.64. The standard InChI is InChI=1S/C12H9ClN2S/c13-9-4-5-11-10(7-9)14-12-3-1-2-6-15(12)8-16-11/h1-7H,8H2. The van der Waals surface area contributed by atoms with Crippen LogP contribution < -0.4 is 0 Å². The van der Waals surface area contributed by atoms with Gasteiger partial charge in [0.2, 0.25) is 0 Å². The van der Waals surface area contributed by atoms with Crippen LogP contribution >= 0.6 is 23.4 Å². The van der Waals surface area contributed by atoms with Crippen molar-refractivity contribution < 1.29 is 0 Å². The van der Waals surface area contributed by atoms with E-state index in [1.165, 1.54) is 4.90 Å². The van der Waals surface area contributed by atoms with Crippen molar-refractivity contribution in [1.29, 1.82) is 0 Å². The largest absolute Gasteiger partial charge is 0.323 e. The van der Waals surface area contributed by atoms with E-state index in [0.717, 1.165) is 22.4 Å². The third-order valence-corrected chi connectivity index (χ3v) is 3.73. The number of amidine groups is 1. The van der Waals surface area contributed by atoms with Crippen molar-refractivity contribution in [2.75, 3.05) is 5.88 Å². The van der Waals surface area contributed by atoms with Crippen molar-refractivity contribution in [2.24, 2.45) is 4.99 Å². The van der Waals surface area contributed by atoms with E-state index in [0.29, 0.717) is 0 Å². The van der Waals surface area contributed by atoms with Crippen LogP contribution in [-0.4, -0.2) is 16.6 Å². The Morgan fingerprint density at radius 3 is 3.19 bits per heavy atom. The van der Waals surface area contributed by atoms with Crippen LogP contribution in [0.5, 0.6) is 0 Å². The Kier molecular flexibility index (Phi) is 2.50. The van der Waals surface area contributed by atoms with E-state index in [9.17, 15) is 0 Å². The molecular weight excluding hydrogens is 240 g/mol. The number of fused-ring (bicyclic) bond motifs is 2. The molecule has 80 valence electrons. The lowest BCUT2D eigenvalue weighted by Crippen LogP contribution is -2.23. The summed E-state index contributed by atoms with van der Waals surface area (Å²) in [5, 5.41) is 0.729. The molecular formula is C12H9ClN2S. The fourth-order valence-corrected chi connectivity index (χ4v) is 2.72. The monoisotopic (exact) mass is 248 g/mol. The number of nitrogens with zero attached hydrogens (tertiary/aromatic N) is 2. The highest BCUT2D eigenvalue weighted by Crippen LogP contribution is 2.35. The molecule has 0 N–H and O–H groups in total. The molecule has 0 radical (unpaired) electrons. The number of halogens is 1. The maximum atomic E-state index is 5.98. The molecule has 0 unspecified atom stereocenters. The zero-order chi connectivity index (χ0) is 11.0. The van der Waals surface area contributed by atoms with E-state index in [-0.39, 0.29) is 0 Å². The van der Waals surface area contributed by atoms with Gasteiger partial charge in [-0.15, -0.1) is 11.8 Å². The van der Waals surface area contributed by atoms with Crippen LogP contribution in [0.25, 0.3) is 0 Å². The van der Waals surface area contributed by atoms with Gasteiger partial charge in [-0.25, -0.2) is 4.99 Å². The molecule has 2 aliphatic rings.